The number of aromatic carboxylic acids is 1. The molecular weight excluding hydrogens is 272 g/mol. The average Bonchev–Trinajstić information content (AvgIpc) is 2.46. The Labute approximate surface area is 122 Å². The van der Waals surface area contributed by atoms with Gasteiger partial charge in [0.2, 0.25) is 0 Å². The van der Waals surface area contributed by atoms with Gasteiger partial charge >= 0.3 is 5.97 Å². The van der Waals surface area contributed by atoms with E-state index in [1.165, 1.54) is 0 Å². The minimum Gasteiger partial charge on any atom is -0.488 e. The number of hydrogen-bond donors (Lipinski definition) is 1. The van der Waals surface area contributed by atoms with Gasteiger partial charge in [-0.05, 0) is 48.6 Å². The molecule has 2 aromatic carbocycles. The number of benzene rings is 2. The number of ether oxygens (including phenoxy) is 1. The Bertz CT molecular complexity index is 623. The van der Waals surface area contributed by atoms with E-state index in [0.29, 0.717) is 12.2 Å². The van der Waals surface area contributed by atoms with E-state index in [9.17, 15) is 4.79 Å². The molecule has 20 heavy (non-hydrogen) atoms. The number of aryl methyl sites for hydroxylation is 1. The van der Waals surface area contributed by atoms with Gasteiger partial charge in [0.05, 0.1) is 5.56 Å². The highest BCUT2D eigenvalue weighted by Crippen LogP contribution is 2.27. The zero-order valence-electron chi connectivity index (χ0n) is 11.4. The van der Waals surface area contributed by atoms with E-state index in [-0.39, 0.29) is 0 Å². The first kappa shape index (κ1) is 14.5. The van der Waals surface area contributed by atoms with Crippen LogP contribution in [0, 0.1) is 6.92 Å². The summed E-state index contributed by atoms with van der Waals surface area (Å²) in [6.07, 6.45) is 2.01. The third kappa shape index (κ3) is 3.33. The van der Waals surface area contributed by atoms with Crippen LogP contribution in [0.4, 0.5) is 0 Å². The van der Waals surface area contributed by atoms with Gasteiger partial charge in [-0.15, -0.1) is 11.8 Å². The van der Waals surface area contributed by atoms with Crippen molar-refractivity contribution in [3.8, 4) is 5.75 Å². The summed E-state index contributed by atoms with van der Waals surface area (Å²) in [4.78, 5) is 12.0. The lowest BCUT2D eigenvalue weighted by Crippen LogP contribution is -2.02. The molecule has 0 heterocycles. The quantitative estimate of drug-likeness (QED) is 0.845. The van der Waals surface area contributed by atoms with E-state index in [2.05, 4.69) is 0 Å². The van der Waals surface area contributed by atoms with Crippen LogP contribution in [0.25, 0.3) is 0 Å². The molecule has 3 nitrogen and oxygen atoms in total. The average molecular weight is 288 g/mol. The smallest absolute Gasteiger partial charge is 0.335 e. The predicted molar refractivity (Wildman–Crippen MR) is 80.7 cm³/mol. The molecule has 0 atom stereocenters. The molecule has 0 aliphatic heterocycles. The lowest BCUT2D eigenvalue weighted by atomic mass is 10.1. The van der Waals surface area contributed by atoms with Crippen LogP contribution in [0.3, 0.4) is 0 Å². The molecule has 2 rings (SSSR count). The summed E-state index contributed by atoms with van der Waals surface area (Å²) in [5.74, 6) is -0.0602. The van der Waals surface area contributed by atoms with Crippen molar-refractivity contribution in [2.75, 3.05) is 6.26 Å². The summed E-state index contributed by atoms with van der Waals surface area (Å²) in [6, 6.07) is 12.9. The molecule has 0 saturated carbocycles. The summed E-state index contributed by atoms with van der Waals surface area (Å²) in [7, 11) is 0. The van der Waals surface area contributed by atoms with Gasteiger partial charge in [-0.3, -0.25) is 0 Å². The van der Waals surface area contributed by atoms with Crippen LogP contribution in [-0.2, 0) is 6.61 Å². The number of thioether (sulfide) groups is 1. The summed E-state index contributed by atoms with van der Waals surface area (Å²) < 4.78 is 5.83. The van der Waals surface area contributed by atoms with Crippen molar-refractivity contribution in [2.24, 2.45) is 0 Å². The summed E-state index contributed by atoms with van der Waals surface area (Å²) >= 11 is 1.64. The first-order valence-electron chi connectivity index (χ1n) is 6.20. The molecule has 0 radical (unpaired) electrons. The van der Waals surface area contributed by atoms with Crippen LogP contribution < -0.4 is 4.74 Å². The van der Waals surface area contributed by atoms with Crippen LogP contribution in [-0.4, -0.2) is 17.3 Å². The molecule has 4 heteroatoms. The van der Waals surface area contributed by atoms with Crippen LogP contribution in [0.1, 0.15) is 21.5 Å². The molecule has 0 aliphatic rings. The molecule has 1 N–H and O–H groups in total. The van der Waals surface area contributed by atoms with Gasteiger partial charge in [0.25, 0.3) is 0 Å². The highest BCUT2D eigenvalue weighted by molar-refractivity contribution is 7.98. The maximum Gasteiger partial charge on any atom is 0.335 e. The third-order valence-corrected chi connectivity index (χ3v) is 3.82. The minimum absolute atomic E-state index is 0.302. The monoisotopic (exact) mass is 288 g/mol. The zero-order valence-corrected chi connectivity index (χ0v) is 12.2. The minimum atomic E-state index is -0.909. The van der Waals surface area contributed by atoms with Gasteiger partial charge in [0.15, 0.2) is 0 Å². The second kappa shape index (κ2) is 6.48. The van der Waals surface area contributed by atoms with Gasteiger partial charge in [0.1, 0.15) is 12.4 Å². The van der Waals surface area contributed by atoms with E-state index >= 15 is 0 Å². The summed E-state index contributed by atoms with van der Waals surface area (Å²) in [6.45, 7) is 2.33. The molecule has 0 spiro atoms. The number of para-hydroxylation sites is 1. The number of hydrogen-bond acceptors (Lipinski definition) is 3. The Balaban J connectivity index is 2.13. The molecule has 0 bridgehead atoms. The molecular formula is C16H16O3S. The largest absolute Gasteiger partial charge is 0.488 e. The normalized spacial score (nSPS) is 10.3. The van der Waals surface area contributed by atoms with E-state index < -0.39 is 5.97 Å². The lowest BCUT2D eigenvalue weighted by molar-refractivity contribution is 0.0696. The Morgan fingerprint density at radius 2 is 2.00 bits per heavy atom. The van der Waals surface area contributed by atoms with E-state index in [1.54, 1.807) is 30.0 Å². The Hall–Kier alpha value is -1.94. The van der Waals surface area contributed by atoms with Gasteiger partial charge in [0, 0.05) is 4.90 Å². The van der Waals surface area contributed by atoms with E-state index in [4.69, 9.17) is 9.84 Å². The Kier molecular flexibility index (Phi) is 4.69. The number of rotatable bonds is 5. The predicted octanol–water partition coefficient (Wildman–Crippen LogP) is 3.99. The second-order valence-corrected chi connectivity index (χ2v) is 5.23. The van der Waals surface area contributed by atoms with Crippen molar-refractivity contribution in [2.45, 2.75) is 18.4 Å². The van der Waals surface area contributed by atoms with Gasteiger partial charge in [-0.25, -0.2) is 4.79 Å². The molecule has 2 aromatic rings. The van der Waals surface area contributed by atoms with Gasteiger partial charge < -0.3 is 9.84 Å². The maximum absolute atomic E-state index is 10.9. The standard InChI is InChI=1S/C16H16O3S/c1-11-9-12(16(17)18)7-8-13(11)10-19-14-5-3-4-6-15(14)20-2/h3-9H,10H2,1-2H3,(H,17,18). The van der Waals surface area contributed by atoms with Crippen LogP contribution in [0.15, 0.2) is 47.4 Å². The Morgan fingerprint density at radius 3 is 2.65 bits per heavy atom. The van der Waals surface area contributed by atoms with Crippen molar-refractivity contribution in [3.05, 3.63) is 59.2 Å². The van der Waals surface area contributed by atoms with Crippen molar-refractivity contribution < 1.29 is 14.6 Å². The fourth-order valence-electron chi connectivity index (χ4n) is 1.88. The van der Waals surface area contributed by atoms with Crippen molar-refractivity contribution >= 4 is 17.7 Å². The molecule has 0 saturated heterocycles. The van der Waals surface area contributed by atoms with Crippen molar-refractivity contribution in [1.29, 1.82) is 0 Å². The zero-order chi connectivity index (χ0) is 14.5. The van der Waals surface area contributed by atoms with E-state index in [1.807, 2.05) is 37.4 Å². The maximum atomic E-state index is 10.9. The highest BCUT2D eigenvalue weighted by atomic mass is 32.2. The first-order chi connectivity index (χ1) is 9.61. The molecule has 0 fully saturated rings. The number of carboxylic acids is 1. The van der Waals surface area contributed by atoms with Crippen LogP contribution >= 0.6 is 11.8 Å². The second-order valence-electron chi connectivity index (χ2n) is 4.39. The van der Waals surface area contributed by atoms with Crippen LogP contribution in [0.2, 0.25) is 0 Å². The Morgan fingerprint density at radius 1 is 1.25 bits per heavy atom. The van der Waals surface area contributed by atoms with Gasteiger partial charge in [-0.1, -0.05) is 18.2 Å². The number of carbonyl (C=O) groups is 1. The lowest BCUT2D eigenvalue weighted by Gasteiger charge is -2.11. The number of carboxylic acid groups (broad SMARTS) is 1. The molecule has 0 amide bonds. The molecule has 0 aromatic heterocycles. The van der Waals surface area contributed by atoms with Gasteiger partial charge in [-0.2, -0.15) is 0 Å². The molecule has 0 unspecified atom stereocenters. The van der Waals surface area contributed by atoms with E-state index in [0.717, 1.165) is 21.8 Å². The molecule has 104 valence electrons. The molecule has 0 aliphatic carbocycles. The van der Waals surface area contributed by atoms with Crippen LogP contribution in [0.5, 0.6) is 5.75 Å². The fourth-order valence-corrected chi connectivity index (χ4v) is 2.43. The SMILES string of the molecule is CSc1ccccc1OCc1ccc(C(=O)O)cc1C. The first-order valence-corrected chi connectivity index (χ1v) is 7.43. The highest BCUT2D eigenvalue weighted by Gasteiger charge is 2.07. The van der Waals surface area contributed by atoms with Crippen molar-refractivity contribution in [1.82, 2.24) is 0 Å². The van der Waals surface area contributed by atoms with Crippen molar-refractivity contribution in [3.63, 3.8) is 0 Å². The fraction of sp³-hybridized carbons (Fsp3) is 0.188. The summed E-state index contributed by atoms with van der Waals surface area (Å²) in [5.41, 5.74) is 2.22. The third-order valence-electron chi connectivity index (χ3n) is 3.04. The summed E-state index contributed by atoms with van der Waals surface area (Å²) in [5, 5.41) is 8.94. The topological polar surface area (TPSA) is 46.5 Å².